The van der Waals surface area contributed by atoms with Crippen LogP contribution in [0.4, 0.5) is 0 Å². The number of aliphatic hydroxyl groups excluding tert-OH is 5. The Hall–Kier alpha value is -1.06. The second-order valence-corrected chi connectivity index (χ2v) is 2.71. The summed E-state index contributed by atoms with van der Waals surface area (Å²) in [5.41, 5.74) is 0. The van der Waals surface area contributed by atoms with Gasteiger partial charge < -0.3 is 30.3 Å². The highest BCUT2D eigenvalue weighted by atomic mass is 16.6. The van der Waals surface area contributed by atoms with Crippen molar-refractivity contribution in [1.29, 1.82) is 0 Å². The first-order valence-electron chi connectivity index (χ1n) is 3.93. The number of carbonyl (C=O) groups excluding carboxylic acids is 2. The van der Waals surface area contributed by atoms with Crippen molar-refractivity contribution in [2.45, 2.75) is 24.4 Å². The normalized spacial score (nSPS) is 18.7. The molecule has 0 amide bonds. The molecule has 0 unspecified atom stereocenters. The minimum Gasteiger partial charge on any atom is -0.394 e. The maximum absolute atomic E-state index is 10.7. The van der Waals surface area contributed by atoms with E-state index in [2.05, 4.69) is 4.74 Å². The third-order valence-corrected chi connectivity index (χ3v) is 1.66. The fraction of sp³-hybridized carbons (Fsp3) is 0.714. The lowest BCUT2D eigenvalue weighted by Gasteiger charge is -2.23. The second kappa shape index (κ2) is 6.43. The summed E-state index contributed by atoms with van der Waals surface area (Å²) in [5.74, 6) is -1.47. The molecule has 8 nitrogen and oxygen atoms in total. The largest absolute Gasteiger partial charge is 0.394 e. The quantitative estimate of drug-likeness (QED) is 0.175. The molecule has 0 saturated carbocycles. The zero-order valence-corrected chi connectivity index (χ0v) is 7.55. The van der Waals surface area contributed by atoms with E-state index in [-0.39, 0.29) is 6.47 Å². The maximum Gasteiger partial charge on any atom is 0.345 e. The van der Waals surface area contributed by atoms with E-state index in [1.807, 2.05) is 0 Å². The van der Waals surface area contributed by atoms with E-state index in [0.717, 1.165) is 0 Å². The van der Waals surface area contributed by atoms with Crippen molar-refractivity contribution < 1.29 is 39.9 Å². The van der Waals surface area contributed by atoms with Crippen LogP contribution < -0.4 is 0 Å². The Morgan fingerprint density at radius 3 is 2.13 bits per heavy atom. The van der Waals surface area contributed by atoms with E-state index < -0.39 is 37.0 Å². The van der Waals surface area contributed by atoms with Gasteiger partial charge in [-0.3, -0.25) is 4.79 Å². The van der Waals surface area contributed by atoms with Crippen molar-refractivity contribution in [3.8, 4) is 0 Å². The molecule has 5 N–H and O–H groups in total. The van der Waals surface area contributed by atoms with Crippen molar-refractivity contribution in [1.82, 2.24) is 0 Å². The summed E-state index contributed by atoms with van der Waals surface area (Å²) >= 11 is 0. The molecule has 0 aromatic rings. The lowest BCUT2D eigenvalue weighted by molar-refractivity contribution is -0.171. The maximum atomic E-state index is 10.7. The zero-order chi connectivity index (χ0) is 12.0. The van der Waals surface area contributed by atoms with Gasteiger partial charge in [0, 0.05) is 0 Å². The van der Waals surface area contributed by atoms with E-state index in [9.17, 15) is 9.59 Å². The molecule has 8 heteroatoms. The number of ether oxygens (including phenoxy) is 1. The van der Waals surface area contributed by atoms with Gasteiger partial charge in [0.25, 0.3) is 0 Å². The lowest BCUT2D eigenvalue weighted by atomic mass is 10.0. The van der Waals surface area contributed by atoms with E-state index in [1.165, 1.54) is 0 Å². The topological polar surface area (TPSA) is 145 Å². The Morgan fingerprint density at radius 2 is 1.73 bits per heavy atom. The molecule has 88 valence electrons. The average molecular weight is 224 g/mol. The van der Waals surface area contributed by atoms with Crippen LogP contribution in [-0.2, 0) is 14.3 Å². The molecule has 0 heterocycles. The molecule has 0 saturated heterocycles. The monoisotopic (exact) mass is 224 g/mol. The van der Waals surface area contributed by atoms with Crippen LogP contribution >= 0.6 is 0 Å². The molecule has 15 heavy (non-hydrogen) atoms. The van der Waals surface area contributed by atoms with Crippen LogP contribution in [0.2, 0.25) is 0 Å². The summed E-state index contributed by atoms with van der Waals surface area (Å²) in [6.07, 6.45) is -7.92. The Bertz CT molecular complexity index is 217. The summed E-state index contributed by atoms with van der Waals surface area (Å²) in [7, 11) is 0. The molecular formula is C7H12O8. The third kappa shape index (κ3) is 3.90. The van der Waals surface area contributed by atoms with E-state index >= 15 is 0 Å². The summed E-state index contributed by atoms with van der Waals surface area (Å²) < 4.78 is 3.70. The predicted molar refractivity (Wildman–Crippen MR) is 43.3 cm³/mol. The molecule has 0 spiro atoms. The van der Waals surface area contributed by atoms with E-state index in [4.69, 9.17) is 25.5 Å². The number of rotatable bonds is 6. The van der Waals surface area contributed by atoms with Crippen molar-refractivity contribution in [3.63, 3.8) is 0 Å². The van der Waals surface area contributed by atoms with Gasteiger partial charge in [-0.25, -0.2) is 4.79 Å². The molecule has 4 atom stereocenters. The first-order chi connectivity index (χ1) is 6.95. The molecule has 0 aliphatic carbocycles. The van der Waals surface area contributed by atoms with Crippen LogP contribution in [0.3, 0.4) is 0 Å². The highest BCUT2D eigenvalue weighted by Crippen LogP contribution is 2.06. The van der Waals surface area contributed by atoms with Crippen molar-refractivity contribution in [2.24, 2.45) is 0 Å². The number of aliphatic hydroxyl groups is 5. The Balaban J connectivity index is 4.35. The van der Waals surface area contributed by atoms with Gasteiger partial charge in [0.2, 0.25) is 0 Å². The van der Waals surface area contributed by atoms with Gasteiger partial charge in [-0.05, 0) is 0 Å². The SMILES string of the molecule is O=COC(=O)[C@@H](O)[C@@H](O)[C@H](O)[C@H](O)CO. The minimum atomic E-state index is -2.19. The first kappa shape index (κ1) is 13.9. The minimum absolute atomic E-state index is 0.257. The van der Waals surface area contributed by atoms with Crippen LogP contribution in [0.5, 0.6) is 0 Å². The van der Waals surface area contributed by atoms with Gasteiger partial charge in [0.1, 0.15) is 18.3 Å². The predicted octanol–water partition coefficient (Wildman–Crippen LogP) is -3.88. The fourth-order valence-corrected chi connectivity index (χ4v) is 0.779. The van der Waals surface area contributed by atoms with Crippen molar-refractivity contribution in [2.75, 3.05) is 6.61 Å². The summed E-state index contributed by atoms with van der Waals surface area (Å²) in [5, 5.41) is 44.4. The van der Waals surface area contributed by atoms with E-state index in [1.54, 1.807) is 0 Å². The number of esters is 1. The Kier molecular flexibility index (Phi) is 5.97. The van der Waals surface area contributed by atoms with E-state index in [0.29, 0.717) is 0 Å². The zero-order valence-electron chi connectivity index (χ0n) is 7.55. The van der Waals surface area contributed by atoms with Crippen molar-refractivity contribution >= 4 is 12.4 Å². The Morgan fingerprint density at radius 1 is 1.20 bits per heavy atom. The summed E-state index contributed by atoms with van der Waals surface area (Å²) in [6, 6.07) is 0. The second-order valence-electron chi connectivity index (χ2n) is 2.71. The van der Waals surface area contributed by atoms with Crippen LogP contribution in [-0.4, -0.2) is 69.0 Å². The molecular weight excluding hydrogens is 212 g/mol. The van der Waals surface area contributed by atoms with Crippen LogP contribution in [0, 0.1) is 0 Å². The molecule has 0 aliphatic heterocycles. The van der Waals surface area contributed by atoms with Crippen molar-refractivity contribution in [3.05, 3.63) is 0 Å². The van der Waals surface area contributed by atoms with Gasteiger partial charge >= 0.3 is 12.4 Å². The van der Waals surface area contributed by atoms with Crippen LogP contribution in [0.15, 0.2) is 0 Å². The molecule has 0 aromatic heterocycles. The Labute approximate surface area is 84.3 Å². The van der Waals surface area contributed by atoms with Gasteiger partial charge in [0.15, 0.2) is 6.10 Å². The van der Waals surface area contributed by atoms with Gasteiger partial charge in [-0.2, -0.15) is 0 Å². The standard InChI is InChI=1S/C7H12O8/c8-1-3(10)4(11)5(12)6(13)7(14)15-2-9/h2-6,8,10-13H,1H2/t3-,4-,5+,6+/m1/s1. The average Bonchev–Trinajstić information content (AvgIpc) is 2.25. The third-order valence-electron chi connectivity index (χ3n) is 1.66. The fourth-order valence-electron chi connectivity index (χ4n) is 0.779. The van der Waals surface area contributed by atoms with Gasteiger partial charge in [-0.15, -0.1) is 0 Å². The van der Waals surface area contributed by atoms with Crippen LogP contribution in [0.25, 0.3) is 0 Å². The molecule has 0 fully saturated rings. The van der Waals surface area contributed by atoms with Gasteiger partial charge in [0.05, 0.1) is 6.61 Å². The molecule has 0 rings (SSSR count). The molecule has 0 bridgehead atoms. The van der Waals surface area contributed by atoms with Crippen LogP contribution in [0.1, 0.15) is 0 Å². The summed E-state index contributed by atoms with van der Waals surface area (Å²) in [4.78, 5) is 20.4. The number of hydrogen-bond acceptors (Lipinski definition) is 8. The summed E-state index contributed by atoms with van der Waals surface area (Å²) in [6.45, 7) is -1.12. The smallest absolute Gasteiger partial charge is 0.345 e. The first-order valence-corrected chi connectivity index (χ1v) is 3.93. The number of hydrogen-bond donors (Lipinski definition) is 5. The molecule has 0 radical (unpaired) electrons. The highest BCUT2D eigenvalue weighted by Gasteiger charge is 2.35. The molecule has 0 aliphatic rings. The highest BCUT2D eigenvalue weighted by molar-refractivity contribution is 5.80. The number of carbonyl (C=O) groups is 2. The van der Waals surface area contributed by atoms with Gasteiger partial charge in [-0.1, -0.05) is 0 Å². The molecule has 0 aromatic carbocycles. The lowest BCUT2D eigenvalue weighted by Crippen LogP contribution is -2.49.